The molecule has 3 N–H and O–H groups in total. The van der Waals surface area contributed by atoms with Crippen LogP contribution in [0.3, 0.4) is 0 Å². The molecule has 0 saturated carbocycles. The van der Waals surface area contributed by atoms with Gasteiger partial charge >= 0.3 is 11.4 Å². The summed E-state index contributed by atoms with van der Waals surface area (Å²) < 4.78 is 0. The van der Waals surface area contributed by atoms with Crippen LogP contribution in [0.5, 0.6) is 11.5 Å². The number of carbonyl (C=O) groups excluding carboxylic acids is 1. The summed E-state index contributed by atoms with van der Waals surface area (Å²) in [5, 5.41) is 44.1. The molecule has 1 fully saturated rings. The van der Waals surface area contributed by atoms with E-state index in [9.17, 15) is 35.2 Å². The van der Waals surface area contributed by atoms with Crippen LogP contribution in [0.1, 0.15) is 11.1 Å². The first kappa shape index (κ1) is 19.7. The predicted molar refractivity (Wildman–Crippen MR) is 103 cm³/mol. The van der Waals surface area contributed by atoms with Crippen LogP contribution in [0, 0.1) is 20.2 Å². The van der Waals surface area contributed by atoms with E-state index in [1.54, 1.807) is 0 Å². The van der Waals surface area contributed by atoms with Gasteiger partial charge in [0.15, 0.2) is 17.3 Å². The summed E-state index contributed by atoms with van der Waals surface area (Å²) in [5.41, 5.74) is 0.737. The van der Waals surface area contributed by atoms with E-state index in [1.165, 1.54) is 36.4 Å². The molecule has 0 aromatic heterocycles. The van der Waals surface area contributed by atoms with Crippen molar-refractivity contribution in [2.24, 2.45) is 0 Å². The Morgan fingerprint density at radius 3 is 1.59 bits per heavy atom. The lowest BCUT2D eigenvalue weighted by Crippen LogP contribution is -2.32. The van der Waals surface area contributed by atoms with Crippen LogP contribution in [-0.4, -0.2) is 38.9 Å². The molecule has 2 aromatic carbocycles. The van der Waals surface area contributed by atoms with Gasteiger partial charge in [0, 0.05) is 36.4 Å². The summed E-state index contributed by atoms with van der Waals surface area (Å²) in [7, 11) is 0. The normalized spacial score (nSPS) is 16.9. The summed E-state index contributed by atoms with van der Waals surface area (Å²) in [6, 6.07) is 7.54. The summed E-state index contributed by atoms with van der Waals surface area (Å²) >= 11 is 0. The van der Waals surface area contributed by atoms with E-state index < -0.39 is 32.7 Å². The van der Waals surface area contributed by atoms with E-state index in [0.29, 0.717) is 22.3 Å². The minimum atomic E-state index is -0.708. The number of hydrogen-bond acceptors (Lipinski definition) is 8. The Bertz CT molecular complexity index is 1010. The standard InChI is InChI=1S/C19H15N3O7/c23-17-7-11(1-3-15(17)21(26)27)5-13-9-20-10-14(19(13)25)6-12-2-4-16(22(28)29)18(24)8-12/h1-8,20,23-24H,9-10H2/b13-5-,14-6+. The van der Waals surface area contributed by atoms with Crippen molar-refractivity contribution in [3.8, 4) is 11.5 Å². The molecule has 0 spiro atoms. The Kier molecular flexibility index (Phi) is 5.37. The molecule has 0 amide bonds. The smallest absolute Gasteiger partial charge is 0.310 e. The summed E-state index contributed by atoms with van der Waals surface area (Å²) in [6.07, 6.45) is 3.03. The molecule has 10 heteroatoms. The van der Waals surface area contributed by atoms with Crippen molar-refractivity contribution in [2.45, 2.75) is 0 Å². The number of aromatic hydroxyl groups is 2. The number of ketones is 1. The van der Waals surface area contributed by atoms with Gasteiger partial charge in [0.25, 0.3) is 0 Å². The largest absolute Gasteiger partial charge is 0.502 e. The van der Waals surface area contributed by atoms with Crippen LogP contribution in [0.2, 0.25) is 0 Å². The monoisotopic (exact) mass is 397 g/mol. The number of piperidine rings is 1. The number of nitrogens with one attached hydrogen (secondary N) is 1. The van der Waals surface area contributed by atoms with Gasteiger partial charge in [-0.15, -0.1) is 0 Å². The molecule has 0 aliphatic carbocycles. The molecule has 148 valence electrons. The van der Waals surface area contributed by atoms with Gasteiger partial charge in [-0.2, -0.15) is 0 Å². The third-order valence-corrected chi connectivity index (χ3v) is 4.29. The molecule has 1 aliphatic heterocycles. The highest BCUT2D eigenvalue weighted by atomic mass is 16.6. The fourth-order valence-electron chi connectivity index (χ4n) is 2.90. The highest BCUT2D eigenvalue weighted by Crippen LogP contribution is 2.29. The number of rotatable bonds is 4. The number of nitro benzene ring substituents is 2. The highest BCUT2D eigenvalue weighted by Gasteiger charge is 2.21. The molecule has 1 aliphatic rings. The number of carbonyl (C=O) groups is 1. The van der Waals surface area contributed by atoms with Crippen LogP contribution in [-0.2, 0) is 4.79 Å². The first-order chi connectivity index (χ1) is 13.8. The fourth-order valence-corrected chi connectivity index (χ4v) is 2.90. The molecule has 2 aromatic rings. The molecule has 1 heterocycles. The molecule has 0 bridgehead atoms. The summed E-state index contributed by atoms with van der Waals surface area (Å²) in [5.74, 6) is -1.28. The van der Waals surface area contributed by atoms with Gasteiger partial charge in [-0.1, -0.05) is 0 Å². The molecule has 0 unspecified atom stereocenters. The van der Waals surface area contributed by atoms with Crippen molar-refractivity contribution in [2.75, 3.05) is 13.1 Å². The van der Waals surface area contributed by atoms with Gasteiger partial charge in [0.05, 0.1) is 9.85 Å². The zero-order chi connectivity index (χ0) is 21.1. The second-order valence-electron chi connectivity index (χ2n) is 6.28. The summed E-state index contributed by atoms with van der Waals surface area (Å²) in [4.78, 5) is 32.9. The van der Waals surface area contributed by atoms with E-state index in [1.807, 2.05) is 0 Å². The van der Waals surface area contributed by atoms with E-state index in [4.69, 9.17) is 0 Å². The highest BCUT2D eigenvalue weighted by molar-refractivity contribution is 6.14. The lowest BCUT2D eigenvalue weighted by Gasteiger charge is -2.18. The van der Waals surface area contributed by atoms with Crippen LogP contribution in [0.25, 0.3) is 12.2 Å². The van der Waals surface area contributed by atoms with E-state index in [2.05, 4.69) is 5.32 Å². The third-order valence-electron chi connectivity index (χ3n) is 4.29. The number of benzene rings is 2. The molecule has 0 atom stereocenters. The minimum Gasteiger partial charge on any atom is -0.502 e. The Morgan fingerprint density at radius 2 is 1.24 bits per heavy atom. The van der Waals surface area contributed by atoms with Crippen LogP contribution >= 0.6 is 0 Å². The molecule has 0 radical (unpaired) electrons. The summed E-state index contributed by atoms with van der Waals surface area (Å²) in [6.45, 7) is 0.527. The van der Waals surface area contributed by atoms with Gasteiger partial charge < -0.3 is 15.5 Å². The van der Waals surface area contributed by atoms with Gasteiger partial charge in [-0.05, 0) is 47.5 Å². The first-order valence-electron chi connectivity index (χ1n) is 8.37. The van der Waals surface area contributed by atoms with Gasteiger partial charge in [0.1, 0.15) is 0 Å². The van der Waals surface area contributed by atoms with Gasteiger partial charge in [0.2, 0.25) is 0 Å². The van der Waals surface area contributed by atoms with E-state index in [-0.39, 0.29) is 18.9 Å². The topological polar surface area (TPSA) is 156 Å². The zero-order valence-electron chi connectivity index (χ0n) is 14.9. The Hall–Kier alpha value is -4.05. The fraction of sp³-hybridized carbons (Fsp3) is 0.105. The third kappa shape index (κ3) is 4.28. The lowest BCUT2D eigenvalue weighted by atomic mass is 9.95. The molecular weight excluding hydrogens is 382 g/mol. The van der Waals surface area contributed by atoms with Crippen molar-refractivity contribution in [3.05, 3.63) is 78.9 Å². The van der Waals surface area contributed by atoms with Gasteiger partial charge in [-0.25, -0.2) is 0 Å². The molecule has 10 nitrogen and oxygen atoms in total. The van der Waals surface area contributed by atoms with Gasteiger partial charge in [-0.3, -0.25) is 25.0 Å². The quantitative estimate of drug-likeness (QED) is 0.404. The Morgan fingerprint density at radius 1 is 0.828 bits per heavy atom. The number of phenols is 2. The van der Waals surface area contributed by atoms with Crippen molar-refractivity contribution < 1.29 is 24.9 Å². The van der Waals surface area contributed by atoms with Crippen molar-refractivity contribution in [1.82, 2.24) is 5.32 Å². The zero-order valence-corrected chi connectivity index (χ0v) is 14.9. The van der Waals surface area contributed by atoms with Crippen molar-refractivity contribution in [3.63, 3.8) is 0 Å². The Balaban J connectivity index is 1.88. The predicted octanol–water partition coefficient (Wildman–Crippen LogP) is 2.55. The number of nitro groups is 2. The SMILES string of the molecule is O=C1/C(=C\c2ccc([N+](=O)[O-])c(O)c2)CNC/C1=C\c1ccc([N+](=O)[O-])c(O)c1. The maximum atomic E-state index is 12.7. The van der Waals surface area contributed by atoms with Crippen molar-refractivity contribution >= 4 is 29.3 Å². The average molecular weight is 397 g/mol. The number of nitrogens with zero attached hydrogens (tertiary/aromatic N) is 2. The molecule has 3 rings (SSSR count). The number of phenolic OH excluding ortho intramolecular Hbond substituents is 2. The number of Topliss-reactive ketones (excluding diaryl/α,β-unsaturated/α-hetero) is 1. The molecule has 29 heavy (non-hydrogen) atoms. The van der Waals surface area contributed by atoms with Crippen LogP contribution in [0.15, 0.2) is 47.5 Å². The van der Waals surface area contributed by atoms with Crippen molar-refractivity contribution in [1.29, 1.82) is 0 Å². The van der Waals surface area contributed by atoms with E-state index >= 15 is 0 Å². The average Bonchev–Trinajstić information content (AvgIpc) is 2.64. The van der Waals surface area contributed by atoms with E-state index in [0.717, 1.165) is 12.1 Å². The maximum absolute atomic E-state index is 12.7. The minimum absolute atomic E-state index is 0.263. The maximum Gasteiger partial charge on any atom is 0.310 e. The second kappa shape index (κ2) is 7.90. The number of hydrogen-bond donors (Lipinski definition) is 3. The Labute approximate surface area is 163 Å². The lowest BCUT2D eigenvalue weighted by molar-refractivity contribution is -0.386. The second-order valence-corrected chi connectivity index (χ2v) is 6.28. The molecular formula is C19H15N3O7. The van der Waals surface area contributed by atoms with Crippen LogP contribution < -0.4 is 5.32 Å². The van der Waals surface area contributed by atoms with Crippen LogP contribution in [0.4, 0.5) is 11.4 Å². The molecule has 1 saturated heterocycles. The first-order valence-corrected chi connectivity index (χ1v) is 8.37.